The summed E-state index contributed by atoms with van der Waals surface area (Å²) in [5.74, 6) is 0.859. The first kappa shape index (κ1) is 18.4. The molecule has 28 heavy (non-hydrogen) atoms. The van der Waals surface area contributed by atoms with Crippen LogP contribution in [-0.4, -0.2) is 47.1 Å². The van der Waals surface area contributed by atoms with Crippen molar-refractivity contribution in [2.24, 2.45) is 0 Å². The van der Waals surface area contributed by atoms with E-state index >= 15 is 0 Å². The maximum atomic E-state index is 13.0. The molecule has 3 aromatic rings. The second kappa shape index (κ2) is 8.37. The first-order valence-electron chi connectivity index (χ1n) is 9.04. The molecule has 6 nitrogen and oxygen atoms in total. The monoisotopic (exact) mass is 394 g/mol. The van der Waals surface area contributed by atoms with Gasteiger partial charge in [0.05, 0.1) is 23.9 Å². The fourth-order valence-electron chi connectivity index (χ4n) is 2.97. The number of para-hydroxylation sites is 1. The molecule has 142 valence electrons. The van der Waals surface area contributed by atoms with E-state index in [2.05, 4.69) is 15.3 Å². The number of carbonyl (C=O) groups excluding carboxylic acids is 1. The lowest BCUT2D eigenvalue weighted by Gasteiger charge is -2.26. The van der Waals surface area contributed by atoms with Crippen molar-refractivity contribution < 1.29 is 9.53 Å². The smallest absolute Gasteiger partial charge is 0.272 e. The van der Waals surface area contributed by atoms with Crippen molar-refractivity contribution in [3.63, 3.8) is 0 Å². The Morgan fingerprint density at radius 1 is 1.00 bits per heavy atom. The fourth-order valence-corrected chi connectivity index (χ4v) is 3.15. The van der Waals surface area contributed by atoms with Gasteiger partial charge in [-0.1, -0.05) is 54.1 Å². The molecule has 1 N–H and O–H groups in total. The Balaban J connectivity index is 1.72. The average Bonchev–Trinajstić information content (AvgIpc) is 2.76. The van der Waals surface area contributed by atoms with Gasteiger partial charge in [0.25, 0.3) is 5.91 Å². The van der Waals surface area contributed by atoms with Crippen molar-refractivity contribution >= 4 is 29.0 Å². The molecule has 0 radical (unpaired) electrons. The maximum absolute atomic E-state index is 13.0. The Morgan fingerprint density at radius 3 is 2.46 bits per heavy atom. The largest absolute Gasteiger partial charge is 0.378 e. The van der Waals surface area contributed by atoms with E-state index in [0.29, 0.717) is 54.3 Å². The summed E-state index contributed by atoms with van der Waals surface area (Å²) in [6.45, 7) is 2.17. The van der Waals surface area contributed by atoms with Gasteiger partial charge in [0.2, 0.25) is 0 Å². The van der Waals surface area contributed by atoms with Crippen LogP contribution in [0, 0.1) is 0 Å². The number of hydrogen-bond acceptors (Lipinski definition) is 5. The van der Waals surface area contributed by atoms with Crippen molar-refractivity contribution in [3.8, 4) is 11.4 Å². The van der Waals surface area contributed by atoms with Gasteiger partial charge in [-0.3, -0.25) is 4.79 Å². The van der Waals surface area contributed by atoms with Gasteiger partial charge >= 0.3 is 0 Å². The van der Waals surface area contributed by atoms with Crippen molar-refractivity contribution in [1.29, 1.82) is 0 Å². The quantitative estimate of drug-likeness (QED) is 0.724. The Hall–Kier alpha value is -2.96. The van der Waals surface area contributed by atoms with Gasteiger partial charge in [-0.2, -0.15) is 0 Å². The third kappa shape index (κ3) is 4.13. The minimum atomic E-state index is -0.134. The molecule has 0 spiro atoms. The Kier molecular flexibility index (Phi) is 5.50. The van der Waals surface area contributed by atoms with Crippen LogP contribution < -0.4 is 5.32 Å². The van der Waals surface area contributed by atoms with E-state index in [4.69, 9.17) is 16.3 Å². The molecule has 0 bridgehead atoms. The number of nitrogens with zero attached hydrogens (tertiary/aromatic N) is 3. The summed E-state index contributed by atoms with van der Waals surface area (Å²) < 4.78 is 5.34. The molecular weight excluding hydrogens is 376 g/mol. The second-order valence-electron chi connectivity index (χ2n) is 6.34. The maximum Gasteiger partial charge on any atom is 0.272 e. The molecule has 7 heteroatoms. The van der Waals surface area contributed by atoms with Crippen LogP contribution in [0.4, 0.5) is 11.5 Å². The zero-order valence-corrected chi connectivity index (χ0v) is 15.9. The molecule has 0 aliphatic carbocycles. The molecule has 0 saturated carbocycles. The van der Waals surface area contributed by atoms with Gasteiger partial charge in [0.15, 0.2) is 5.82 Å². The van der Waals surface area contributed by atoms with Crippen molar-refractivity contribution in [1.82, 2.24) is 14.9 Å². The van der Waals surface area contributed by atoms with E-state index in [1.165, 1.54) is 0 Å². The molecule has 2 heterocycles. The Morgan fingerprint density at radius 2 is 1.71 bits per heavy atom. The van der Waals surface area contributed by atoms with Crippen LogP contribution in [0.2, 0.25) is 5.02 Å². The van der Waals surface area contributed by atoms with Crippen LogP contribution in [0.15, 0.2) is 60.7 Å². The molecule has 1 amide bonds. The first-order valence-corrected chi connectivity index (χ1v) is 9.41. The molecule has 1 aliphatic rings. The summed E-state index contributed by atoms with van der Waals surface area (Å²) in [6.07, 6.45) is 0. The summed E-state index contributed by atoms with van der Waals surface area (Å²) in [5, 5.41) is 3.77. The number of ether oxygens (including phenoxy) is 1. The molecule has 0 unspecified atom stereocenters. The van der Waals surface area contributed by atoms with Crippen LogP contribution in [0.5, 0.6) is 0 Å². The van der Waals surface area contributed by atoms with Gasteiger partial charge in [0.1, 0.15) is 11.5 Å². The lowest BCUT2D eigenvalue weighted by atomic mass is 10.2. The van der Waals surface area contributed by atoms with Crippen LogP contribution in [0.1, 0.15) is 10.5 Å². The molecule has 2 aromatic carbocycles. The molecule has 1 fully saturated rings. The van der Waals surface area contributed by atoms with Crippen LogP contribution in [-0.2, 0) is 4.74 Å². The van der Waals surface area contributed by atoms with E-state index in [9.17, 15) is 4.79 Å². The van der Waals surface area contributed by atoms with Gasteiger partial charge in [-0.15, -0.1) is 0 Å². The molecule has 1 aliphatic heterocycles. The highest BCUT2D eigenvalue weighted by Crippen LogP contribution is 2.26. The minimum Gasteiger partial charge on any atom is -0.378 e. The third-order valence-corrected chi connectivity index (χ3v) is 4.74. The summed E-state index contributed by atoms with van der Waals surface area (Å²) in [4.78, 5) is 23.8. The highest BCUT2D eigenvalue weighted by atomic mass is 35.5. The SMILES string of the molecule is O=C(c1cc(Nc2ccccc2Cl)nc(-c2ccccc2)n1)N1CCOCC1. The second-order valence-corrected chi connectivity index (χ2v) is 6.74. The number of carbonyl (C=O) groups is 1. The minimum absolute atomic E-state index is 0.134. The molecular formula is C21H19ClN4O2. The number of morpholine rings is 1. The lowest BCUT2D eigenvalue weighted by molar-refractivity contribution is 0.0299. The summed E-state index contributed by atoms with van der Waals surface area (Å²) >= 11 is 6.26. The number of aromatic nitrogens is 2. The zero-order chi connectivity index (χ0) is 19.3. The number of rotatable bonds is 4. The molecule has 0 atom stereocenters. The van der Waals surface area contributed by atoms with E-state index in [-0.39, 0.29) is 5.91 Å². The van der Waals surface area contributed by atoms with Gasteiger partial charge < -0.3 is 15.0 Å². The van der Waals surface area contributed by atoms with Crippen molar-refractivity contribution in [3.05, 3.63) is 71.4 Å². The van der Waals surface area contributed by atoms with Gasteiger partial charge in [0, 0.05) is 24.7 Å². The van der Waals surface area contributed by atoms with E-state index in [1.807, 2.05) is 48.5 Å². The van der Waals surface area contributed by atoms with Gasteiger partial charge in [-0.05, 0) is 12.1 Å². The summed E-state index contributed by atoms with van der Waals surface area (Å²) in [7, 11) is 0. The van der Waals surface area contributed by atoms with E-state index < -0.39 is 0 Å². The highest BCUT2D eigenvalue weighted by molar-refractivity contribution is 6.33. The third-order valence-electron chi connectivity index (χ3n) is 4.41. The summed E-state index contributed by atoms with van der Waals surface area (Å²) in [6, 6.07) is 18.6. The van der Waals surface area contributed by atoms with Crippen LogP contribution in [0.3, 0.4) is 0 Å². The Labute approximate surface area is 168 Å². The number of nitrogens with one attached hydrogen (secondary N) is 1. The Bertz CT molecular complexity index is 975. The summed E-state index contributed by atoms with van der Waals surface area (Å²) in [5.41, 5.74) is 1.89. The van der Waals surface area contributed by atoms with Crippen molar-refractivity contribution in [2.45, 2.75) is 0 Å². The predicted octanol–water partition coefficient (Wildman–Crippen LogP) is 4.01. The molecule has 4 rings (SSSR count). The highest BCUT2D eigenvalue weighted by Gasteiger charge is 2.21. The standard InChI is InChI=1S/C21H19ClN4O2/c22-16-8-4-5-9-17(16)23-19-14-18(21(27)26-10-12-28-13-11-26)24-20(25-19)15-6-2-1-3-7-15/h1-9,14H,10-13H2,(H,23,24,25). The molecule has 1 saturated heterocycles. The topological polar surface area (TPSA) is 67.4 Å². The molecule has 1 aromatic heterocycles. The van der Waals surface area contributed by atoms with Crippen molar-refractivity contribution in [2.75, 3.05) is 31.6 Å². The van der Waals surface area contributed by atoms with E-state index in [0.717, 1.165) is 5.56 Å². The number of hydrogen-bond donors (Lipinski definition) is 1. The predicted molar refractivity (Wildman–Crippen MR) is 109 cm³/mol. The zero-order valence-electron chi connectivity index (χ0n) is 15.1. The van der Waals surface area contributed by atoms with E-state index in [1.54, 1.807) is 17.0 Å². The first-order chi connectivity index (χ1) is 13.7. The number of anilines is 2. The number of amides is 1. The number of halogens is 1. The number of benzene rings is 2. The van der Waals surface area contributed by atoms with Gasteiger partial charge in [-0.25, -0.2) is 9.97 Å². The van der Waals surface area contributed by atoms with Crippen LogP contribution in [0.25, 0.3) is 11.4 Å². The lowest BCUT2D eigenvalue weighted by Crippen LogP contribution is -2.41. The van der Waals surface area contributed by atoms with Crippen LogP contribution >= 0.6 is 11.6 Å². The normalized spacial score (nSPS) is 14.0. The fraction of sp³-hybridized carbons (Fsp3) is 0.190. The average molecular weight is 395 g/mol.